The van der Waals surface area contributed by atoms with Crippen molar-refractivity contribution in [3.63, 3.8) is 0 Å². The molecule has 0 fully saturated rings. The van der Waals surface area contributed by atoms with Crippen molar-refractivity contribution in [2.75, 3.05) is 26.2 Å². The van der Waals surface area contributed by atoms with Crippen LogP contribution >= 0.6 is 0 Å². The molecule has 124 valence electrons. The first-order valence-electron chi connectivity index (χ1n) is 7.72. The Balaban J connectivity index is 2.33. The van der Waals surface area contributed by atoms with Crippen molar-refractivity contribution in [1.82, 2.24) is 4.98 Å². The zero-order valence-corrected chi connectivity index (χ0v) is 13.1. The lowest BCUT2D eigenvalue weighted by Gasteiger charge is -2.18. The summed E-state index contributed by atoms with van der Waals surface area (Å²) in [5, 5.41) is 11.6. The number of hydrogen-bond acceptors (Lipinski definition) is 6. The van der Waals surface area contributed by atoms with Gasteiger partial charge in [0.05, 0.1) is 35.5 Å². The summed E-state index contributed by atoms with van der Waals surface area (Å²) in [4.78, 5) is 23.6. The smallest absolute Gasteiger partial charge is 0.255 e. The average molecular weight is 325 g/mol. The third-order valence-electron chi connectivity index (χ3n) is 3.80. The molecule has 7 heteroatoms. The molecule has 1 aromatic carbocycles. The fraction of sp³-hybridized carbons (Fsp3) is 0.235. The number of aliphatic imine (C=N–C) groups is 2. The summed E-state index contributed by atoms with van der Waals surface area (Å²) in [5.41, 5.74) is 13.3. The van der Waals surface area contributed by atoms with E-state index in [1.54, 1.807) is 18.2 Å². The first-order valence-corrected chi connectivity index (χ1v) is 7.72. The number of aromatic hydroxyl groups is 1. The molecule has 0 unspecified atom stereocenters. The number of fused-ring (bicyclic) bond motifs is 2. The molecule has 3 rings (SSSR count). The van der Waals surface area contributed by atoms with Crippen LogP contribution < -0.4 is 17.0 Å². The normalized spacial score (nSPS) is 16.9. The van der Waals surface area contributed by atoms with E-state index in [9.17, 15) is 9.90 Å². The highest BCUT2D eigenvalue weighted by Gasteiger charge is 2.23. The van der Waals surface area contributed by atoms with Gasteiger partial charge in [0.15, 0.2) is 0 Å². The van der Waals surface area contributed by atoms with Gasteiger partial charge in [-0.2, -0.15) is 0 Å². The molecule has 0 amide bonds. The number of rotatable bonds is 4. The molecule has 0 bridgehead atoms. The quantitative estimate of drug-likeness (QED) is 0.644. The zero-order chi connectivity index (χ0) is 17.1. The molecule has 0 atom stereocenters. The number of H-pyrrole nitrogens is 1. The first-order chi connectivity index (χ1) is 11.7. The summed E-state index contributed by atoms with van der Waals surface area (Å²) in [6, 6.07) is 3.40. The molecule has 0 saturated carbocycles. The van der Waals surface area contributed by atoms with E-state index < -0.39 is 0 Å². The Kier molecular flexibility index (Phi) is 4.54. The number of aromatic nitrogens is 1. The number of aromatic amines is 1. The minimum absolute atomic E-state index is 0.0224. The molecule has 0 spiro atoms. The fourth-order valence-electron chi connectivity index (χ4n) is 2.75. The summed E-state index contributed by atoms with van der Waals surface area (Å²) >= 11 is 0. The van der Waals surface area contributed by atoms with Crippen molar-refractivity contribution >= 4 is 22.2 Å². The van der Waals surface area contributed by atoms with Gasteiger partial charge in [0, 0.05) is 30.2 Å². The number of phenolic OH excluding ortho intramolecular Hbond substituents is 1. The van der Waals surface area contributed by atoms with Gasteiger partial charge < -0.3 is 21.6 Å². The molecule has 1 aliphatic rings. The zero-order valence-electron chi connectivity index (χ0n) is 13.1. The van der Waals surface area contributed by atoms with Crippen molar-refractivity contribution in [3.05, 3.63) is 52.0 Å². The van der Waals surface area contributed by atoms with Crippen LogP contribution in [0.2, 0.25) is 0 Å². The highest BCUT2D eigenvalue weighted by atomic mass is 16.3. The molecule has 7 nitrogen and oxygen atoms in total. The third kappa shape index (κ3) is 2.75. The number of hydrogen-bond donors (Lipinski definition) is 4. The van der Waals surface area contributed by atoms with Crippen LogP contribution in [-0.2, 0) is 0 Å². The largest absolute Gasteiger partial charge is 0.507 e. The monoisotopic (exact) mass is 325 g/mol. The molecule has 24 heavy (non-hydrogen) atoms. The Labute approximate surface area is 138 Å². The molecule has 0 radical (unpaired) electrons. The second-order valence-corrected chi connectivity index (χ2v) is 5.36. The van der Waals surface area contributed by atoms with E-state index in [0.717, 1.165) is 0 Å². The van der Waals surface area contributed by atoms with Crippen molar-refractivity contribution < 1.29 is 5.11 Å². The number of nitrogens with two attached hydrogens (primary N) is 2. The summed E-state index contributed by atoms with van der Waals surface area (Å²) in [5.74, 6) is 0.0224. The van der Waals surface area contributed by atoms with Gasteiger partial charge in [-0.05, 0) is 24.3 Å². The van der Waals surface area contributed by atoms with E-state index in [1.807, 2.05) is 6.08 Å². The number of allylic oxidation sites excluding steroid dienone is 2. The van der Waals surface area contributed by atoms with Gasteiger partial charge in [-0.3, -0.25) is 14.8 Å². The van der Waals surface area contributed by atoms with Gasteiger partial charge in [-0.1, -0.05) is 0 Å². The van der Waals surface area contributed by atoms with Crippen LogP contribution in [0.1, 0.15) is 11.1 Å². The van der Waals surface area contributed by atoms with Crippen LogP contribution in [0.25, 0.3) is 10.8 Å². The molecule has 1 aromatic heterocycles. The summed E-state index contributed by atoms with van der Waals surface area (Å²) in [7, 11) is 0. The topological polar surface area (TPSA) is 130 Å². The molecule has 1 heterocycles. The van der Waals surface area contributed by atoms with Crippen LogP contribution in [-0.4, -0.2) is 47.7 Å². The molecule has 6 N–H and O–H groups in total. The molecular formula is C17H19N5O2. The maximum atomic E-state index is 12.1. The lowest BCUT2D eigenvalue weighted by molar-refractivity contribution is 0.480. The molecule has 2 aromatic rings. The Hall–Kier alpha value is -2.77. The number of nitrogens with one attached hydrogen (secondary N) is 1. The predicted octanol–water partition coefficient (Wildman–Crippen LogP) is 0.299. The summed E-state index contributed by atoms with van der Waals surface area (Å²) < 4.78 is 0. The fourth-order valence-corrected chi connectivity index (χ4v) is 2.75. The first kappa shape index (κ1) is 16.1. The number of nitrogens with zero attached hydrogens (tertiary/aromatic N) is 2. The van der Waals surface area contributed by atoms with E-state index >= 15 is 0 Å². The van der Waals surface area contributed by atoms with Crippen molar-refractivity contribution in [2.45, 2.75) is 0 Å². The molecular weight excluding hydrogens is 306 g/mol. The van der Waals surface area contributed by atoms with E-state index in [0.29, 0.717) is 59.5 Å². The number of pyridine rings is 1. The number of phenols is 1. The summed E-state index contributed by atoms with van der Waals surface area (Å²) in [6.45, 7) is 1.73. The second-order valence-electron chi connectivity index (χ2n) is 5.36. The molecule has 0 saturated heterocycles. The minimum Gasteiger partial charge on any atom is -0.507 e. The molecule has 0 aliphatic heterocycles. The maximum Gasteiger partial charge on any atom is 0.255 e. The number of benzene rings is 1. The molecule has 1 aliphatic carbocycles. The van der Waals surface area contributed by atoms with Crippen molar-refractivity contribution in [2.24, 2.45) is 21.5 Å². The van der Waals surface area contributed by atoms with Gasteiger partial charge in [-0.15, -0.1) is 0 Å². The van der Waals surface area contributed by atoms with Gasteiger partial charge in [-0.25, -0.2) is 0 Å². The predicted molar refractivity (Wildman–Crippen MR) is 96.3 cm³/mol. The van der Waals surface area contributed by atoms with Crippen molar-refractivity contribution in [3.8, 4) is 5.75 Å². The Morgan fingerprint density at radius 2 is 1.71 bits per heavy atom. The van der Waals surface area contributed by atoms with Gasteiger partial charge in [0.25, 0.3) is 5.56 Å². The second kappa shape index (κ2) is 6.77. The van der Waals surface area contributed by atoms with E-state index in [2.05, 4.69) is 15.0 Å². The highest BCUT2D eigenvalue weighted by molar-refractivity contribution is 6.28. The van der Waals surface area contributed by atoms with Crippen LogP contribution in [0, 0.1) is 0 Å². The maximum absolute atomic E-state index is 12.1. The van der Waals surface area contributed by atoms with E-state index in [-0.39, 0.29) is 11.3 Å². The lowest BCUT2D eigenvalue weighted by Crippen LogP contribution is -2.18. The van der Waals surface area contributed by atoms with Crippen LogP contribution in [0.4, 0.5) is 0 Å². The summed E-state index contributed by atoms with van der Waals surface area (Å²) in [6.07, 6.45) is 5.12. The Bertz CT molecular complexity index is 924. The average Bonchev–Trinajstić information content (AvgIpc) is 2.59. The van der Waals surface area contributed by atoms with Crippen LogP contribution in [0.15, 0.2) is 45.3 Å². The Morgan fingerprint density at radius 1 is 1.04 bits per heavy atom. The lowest BCUT2D eigenvalue weighted by atomic mass is 9.89. The van der Waals surface area contributed by atoms with Crippen LogP contribution in [0.3, 0.4) is 0 Å². The standard InChI is InChI=1S/C17H19N5O2/c18-4-7-20-13-1-2-14(21-8-5-19)15-12(13)9-11-10(16(15)23)3-6-22-17(11)24/h1-3,6,9,23H,4-5,7-8,18-19H2,(H,22,24). The van der Waals surface area contributed by atoms with Gasteiger partial charge in [0.2, 0.25) is 0 Å². The third-order valence-corrected chi connectivity index (χ3v) is 3.80. The Morgan fingerprint density at radius 3 is 2.42 bits per heavy atom. The van der Waals surface area contributed by atoms with Crippen molar-refractivity contribution in [1.29, 1.82) is 0 Å². The SMILES string of the molecule is NCCN=C1C=CC(=NCCN)c2c1cc1c(=O)[nH]ccc1c2O. The van der Waals surface area contributed by atoms with E-state index in [1.165, 1.54) is 6.20 Å². The van der Waals surface area contributed by atoms with E-state index in [4.69, 9.17) is 11.5 Å². The highest BCUT2D eigenvalue weighted by Crippen LogP contribution is 2.33. The minimum atomic E-state index is -0.265. The van der Waals surface area contributed by atoms with Gasteiger partial charge >= 0.3 is 0 Å². The van der Waals surface area contributed by atoms with Gasteiger partial charge in [0.1, 0.15) is 5.75 Å². The van der Waals surface area contributed by atoms with Crippen LogP contribution in [0.5, 0.6) is 5.75 Å².